The predicted molar refractivity (Wildman–Crippen MR) is 190 cm³/mol. The molecule has 1 saturated heterocycles. The number of carbonyl (C=O) groups is 2. The number of furan rings is 1. The summed E-state index contributed by atoms with van der Waals surface area (Å²) in [5.41, 5.74) is 4.94. The van der Waals surface area contributed by atoms with Crippen molar-refractivity contribution < 1.29 is 41.6 Å². The quantitative estimate of drug-likeness (QED) is 0.172. The molecule has 0 saturated carbocycles. The summed E-state index contributed by atoms with van der Waals surface area (Å²) in [7, 11) is -0.520. The third-order valence-corrected chi connectivity index (χ3v) is 9.35. The second kappa shape index (κ2) is 15.6. The number of rotatable bonds is 9. The average molecular weight is 756 g/mol. The number of hydrogen-bond acceptors (Lipinski definition) is 5. The van der Waals surface area contributed by atoms with Crippen LogP contribution in [0.4, 0.5) is 13.2 Å². The molecule has 3 aromatic carbocycles. The molecule has 1 N–H and O–H groups in total. The lowest BCUT2D eigenvalue weighted by Gasteiger charge is -2.32. The molecular weight excluding hydrogens is 714 g/mol. The minimum Gasteiger partial charge on any atom is -0.481 e. The molecule has 0 aliphatic carbocycles. The highest BCUT2D eigenvalue weighted by Gasteiger charge is 2.51. The van der Waals surface area contributed by atoms with Crippen LogP contribution >= 0.6 is 15.9 Å². The van der Waals surface area contributed by atoms with Gasteiger partial charge >= 0.3 is 19.3 Å². The Morgan fingerprint density at radius 3 is 1.96 bits per heavy atom. The highest BCUT2D eigenvalue weighted by Crippen LogP contribution is 2.36. The number of nitrogens with zero attached hydrogens (tertiary/aromatic N) is 1. The lowest BCUT2D eigenvalue weighted by molar-refractivity contribution is -0.153. The van der Waals surface area contributed by atoms with E-state index in [1.54, 1.807) is 0 Å². The second-order valence-electron chi connectivity index (χ2n) is 13.6. The monoisotopic (exact) mass is 755 g/mol. The number of aryl methyl sites for hydroxylation is 4. The zero-order valence-electron chi connectivity index (χ0n) is 29.3. The summed E-state index contributed by atoms with van der Waals surface area (Å²) in [6, 6.07) is 21.2. The van der Waals surface area contributed by atoms with Crippen LogP contribution in [0.15, 0.2) is 81.7 Å². The average Bonchev–Trinajstić information content (AvgIpc) is 3.57. The number of halogens is 4. The molecule has 2 heterocycles. The fourth-order valence-electron chi connectivity index (χ4n) is 5.60. The SMILES string of the molecule is Cc1cc(C)c(C(=O)N(Cc2ccc(B3OC(C)(C)C(C)(C)O3)cc2)Cc2ccc(C(F)(F)F)o2)c(C)c1.O=C(O)CCc1cccc(Br)c1. The van der Waals surface area contributed by atoms with Gasteiger partial charge < -0.3 is 23.7 Å². The molecule has 0 atom stereocenters. The lowest BCUT2D eigenvalue weighted by atomic mass is 9.79. The maximum Gasteiger partial charge on any atom is 0.494 e. The Hall–Kier alpha value is -3.87. The first kappa shape index (κ1) is 38.9. The van der Waals surface area contributed by atoms with Crippen LogP contribution in [0.25, 0.3) is 0 Å². The van der Waals surface area contributed by atoms with Crippen molar-refractivity contribution in [1.82, 2.24) is 4.90 Å². The molecule has 0 unspecified atom stereocenters. The van der Waals surface area contributed by atoms with Gasteiger partial charge in [0.2, 0.25) is 5.76 Å². The summed E-state index contributed by atoms with van der Waals surface area (Å²) in [5, 5.41) is 8.43. The highest BCUT2D eigenvalue weighted by molar-refractivity contribution is 9.10. The topological polar surface area (TPSA) is 89.2 Å². The van der Waals surface area contributed by atoms with Crippen LogP contribution in [0.5, 0.6) is 0 Å². The second-order valence-corrected chi connectivity index (χ2v) is 14.5. The molecule has 50 heavy (non-hydrogen) atoms. The number of amides is 1. The van der Waals surface area contributed by atoms with Crippen molar-refractivity contribution >= 4 is 40.4 Å². The van der Waals surface area contributed by atoms with Gasteiger partial charge in [0.05, 0.1) is 17.7 Å². The molecule has 1 aliphatic heterocycles. The van der Waals surface area contributed by atoms with Crippen molar-refractivity contribution in [2.45, 2.75) is 91.8 Å². The number of hydrogen-bond donors (Lipinski definition) is 1. The summed E-state index contributed by atoms with van der Waals surface area (Å²) in [6.45, 7) is 13.7. The van der Waals surface area contributed by atoms with Crippen molar-refractivity contribution in [3.8, 4) is 0 Å². The van der Waals surface area contributed by atoms with E-state index in [-0.39, 0.29) is 31.2 Å². The Morgan fingerprint density at radius 1 is 0.840 bits per heavy atom. The van der Waals surface area contributed by atoms with Gasteiger partial charge in [-0.1, -0.05) is 70.0 Å². The first-order chi connectivity index (χ1) is 23.3. The van der Waals surface area contributed by atoms with E-state index in [9.17, 15) is 22.8 Å². The van der Waals surface area contributed by atoms with Crippen LogP contribution in [0.1, 0.15) is 83.8 Å². The third-order valence-electron chi connectivity index (χ3n) is 8.86. The molecular formula is C38H42BBrF3NO6. The van der Waals surface area contributed by atoms with Crippen LogP contribution in [0.2, 0.25) is 0 Å². The summed E-state index contributed by atoms with van der Waals surface area (Å²) >= 11 is 3.32. The molecule has 0 radical (unpaired) electrons. The fraction of sp³-hybridized carbons (Fsp3) is 0.368. The van der Waals surface area contributed by atoms with Gasteiger partial charge in [-0.3, -0.25) is 9.59 Å². The number of carboxylic acids is 1. The number of aliphatic carboxylic acids is 1. The van der Waals surface area contributed by atoms with Gasteiger partial charge in [0, 0.05) is 23.0 Å². The summed E-state index contributed by atoms with van der Waals surface area (Å²) in [4.78, 5) is 25.5. The minimum atomic E-state index is -4.60. The van der Waals surface area contributed by atoms with Crippen molar-refractivity contribution in [2.75, 3.05) is 0 Å². The maximum atomic E-state index is 13.8. The van der Waals surface area contributed by atoms with E-state index in [1.165, 1.54) is 11.0 Å². The Morgan fingerprint density at radius 2 is 1.44 bits per heavy atom. The molecule has 0 spiro atoms. The van der Waals surface area contributed by atoms with Crippen LogP contribution < -0.4 is 5.46 Å². The van der Waals surface area contributed by atoms with E-state index >= 15 is 0 Å². The van der Waals surface area contributed by atoms with Crippen molar-refractivity contribution in [2.24, 2.45) is 0 Å². The molecule has 1 aliphatic rings. The predicted octanol–water partition coefficient (Wildman–Crippen LogP) is 8.83. The van der Waals surface area contributed by atoms with E-state index in [0.717, 1.165) is 43.8 Å². The van der Waals surface area contributed by atoms with E-state index in [4.69, 9.17) is 18.8 Å². The van der Waals surface area contributed by atoms with E-state index < -0.39 is 36.2 Å². The Labute approximate surface area is 300 Å². The van der Waals surface area contributed by atoms with Gasteiger partial charge in [-0.2, -0.15) is 13.2 Å². The van der Waals surface area contributed by atoms with Crippen LogP contribution in [-0.4, -0.2) is 40.2 Å². The Bertz CT molecular complexity index is 1780. The third kappa shape index (κ3) is 9.89. The van der Waals surface area contributed by atoms with Gasteiger partial charge in [-0.25, -0.2) is 0 Å². The number of benzene rings is 3. The molecule has 12 heteroatoms. The molecule has 0 bridgehead atoms. The Kier molecular flexibility index (Phi) is 12.1. The lowest BCUT2D eigenvalue weighted by Crippen LogP contribution is -2.41. The minimum absolute atomic E-state index is 0.0573. The highest BCUT2D eigenvalue weighted by atomic mass is 79.9. The molecule has 5 rings (SSSR count). The normalized spacial score (nSPS) is 15.0. The number of carboxylic acid groups (broad SMARTS) is 1. The van der Waals surface area contributed by atoms with E-state index in [1.807, 2.05) is 109 Å². The molecule has 1 aromatic heterocycles. The van der Waals surface area contributed by atoms with Crippen molar-refractivity contribution in [3.05, 3.63) is 122 Å². The fourth-order valence-corrected chi connectivity index (χ4v) is 6.05. The molecule has 266 valence electrons. The van der Waals surface area contributed by atoms with E-state index in [0.29, 0.717) is 12.0 Å². The molecule has 1 fully saturated rings. The van der Waals surface area contributed by atoms with Gasteiger partial charge in [0.15, 0.2) is 0 Å². The smallest absolute Gasteiger partial charge is 0.481 e. The number of alkyl halides is 3. The molecule has 7 nitrogen and oxygen atoms in total. The molecule has 4 aromatic rings. The van der Waals surface area contributed by atoms with Gasteiger partial charge in [0.1, 0.15) is 5.76 Å². The Balaban J connectivity index is 0.000000396. The summed E-state index contributed by atoms with van der Waals surface area (Å²) in [5.74, 6) is -2.06. The van der Waals surface area contributed by atoms with Crippen LogP contribution in [-0.2, 0) is 39.8 Å². The first-order valence-corrected chi connectivity index (χ1v) is 17.0. The number of carbonyl (C=O) groups excluding carboxylic acids is 1. The maximum absolute atomic E-state index is 13.8. The van der Waals surface area contributed by atoms with Crippen LogP contribution in [0, 0.1) is 20.8 Å². The zero-order valence-corrected chi connectivity index (χ0v) is 30.9. The standard InChI is InChI=1S/C29H33BF3NO4.C9H9BrO2/c1-18-14-19(2)25(20(3)15-18)26(35)34(17-23-12-13-24(36-23)29(31,32)33)16-21-8-10-22(11-9-21)30-37-27(4,5)28(6,7)38-30;10-8-3-1-2-7(6-8)4-5-9(11)12/h8-15H,16-17H2,1-7H3;1-3,6H,4-5H2,(H,11,12). The van der Waals surface area contributed by atoms with Crippen LogP contribution in [0.3, 0.4) is 0 Å². The van der Waals surface area contributed by atoms with E-state index in [2.05, 4.69) is 15.9 Å². The largest absolute Gasteiger partial charge is 0.494 e. The first-order valence-electron chi connectivity index (χ1n) is 16.2. The van der Waals surface area contributed by atoms with Crippen molar-refractivity contribution in [3.63, 3.8) is 0 Å². The summed E-state index contributed by atoms with van der Waals surface area (Å²) in [6.07, 6.45) is -3.81. The van der Waals surface area contributed by atoms with Gasteiger partial charge in [-0.15, -0.1) is 0 Å². The zero-order chi connectivity index (χ0) is 37.0. The van der Waals surface area contributed by atoms with Gasteiger partial charge in [-0.05, 0) is 107 Å². The molecule has 1 amide bonds. The van der Waals surface area contributed by atoms with Gasteiger partial charge in [0.25, 0.3) is 5.91 Å². The van der Waals surface area contributed by atoms with Crippen molar-refractivity contribution in [1.29, 1.82) is 0 Å². The summed E-state index contributed by atoms with van der Waals surface area (Å²) < 4.78 is 57.6.